The van der Waals surface area contributed by atoms with E-state index in [0.717, 1.165) is 19.4 Å². The smallest absolute Gasteiger partial charge is 0.229 e. The monoisotopic (exact) mass is 555 g/mol. The van der Waals surface area contributed by atoms with Crippen molar-refractivity contribution < 1.29 is 22.6 Å². The molecule has 2 bridgehead atoms. The van der Waals surface area contributed by atoms with Gasteiger partial charge in [0.25, 0.3) is 0 Å². The fraction of sp³-hybridized carbons (Fsp3) is 0.429. The summed E-state index contributed by atoms with van der Waals surface area (Å²) in [5, 5.41) is -0.0868. The lowest BCUT2D eigenvalue weighted by Crippen LogP contribution is -2.58. The van der Waals surface area contributed by atoms with Gasteiger partial charge in [0.1, 0.15) is 18.2 Å². The van der Waals surface area contributed by atoms with Crippen molar-refractivity contribution in [2.75, 3.05) is 13.2 Å². The van der Waals surface area contributed by atoms with Gasteiger partial charge in [-0.05, 0) is 43.5 Å². The first-order chi connectivity index (χ1) is 18.4. The predicted molar refractivity (Wildman–Crippen MR) is 143 cm³/mol. The molecule has 1 saturated carbocycles. The minimum atomic E-state index is -3.34. The Bertz CT molecular complexity index is 1400. The lowest BCUT2D eigenvalue weighted by Gasteiger charge is -2.48. The molecule has 3 fully saturated rings. The third-order valence-corrected chi connectivity index (χ3v) is 10.1. The fourth-order valence-corrected chi connectivity index (χ4v) is 7.27. The quantitative estimate of drug-likeness (QED) is 0.384. The molecule has 2 aromatic carbocycles. The molecule has 3 atom stereocenters. The Hall–Kier alpha value is -2.72. The summed E-state index contributed by atoms with van der Waals surface area (Å²) in [5.41, 5.74) is 1.96. The first kappa shape index (κ1) is 25.6. The molecule has 6 rings (SSSR count). The maximum Gasteiger partial charge on any atom is 0.229 e. The SMILES string of the molecule is Cc1c(Oc2ccc(S(=O)(=O)C3CC3)cc2Cl)ncnc1OC1CC2COC[C@@H](C1)N2Cc1ccccc1. The molecule has 3 heterocycles. The largest absolute Gasteiger partial charge is 0.474 e. The van der Waals surface area contributed by atoms with E-state index in [2.05, 4.69) is 39.1 Å². The normalized spacial score (nSPS) is 23.7. The Morgan fingerprint density at radius 1 is 1.03 bits per heavy atom. The molecular formula is C28H30ClN3O5S. The lowest BCUT2D eigenvalue weighted by molar-refractivity contribution is -0.104. The zero-order valence-corrected chi connectivity index (χ0v) is 22.7. The van der Waals surface area contributed by atoms with Gasteiger partial charge in [-0.15, -0.1) is 0 Å². The molecule has 10 heteroatoms. The Kier molecular flexibility index (Phi) is 7.03. The van der Waals surface area contributed by atoms with E-state index in [1.165, 1.54) is 24.0 Å². The Balaban J connectivity index is 1.15. The van der Waals surface area contributed by atoms with Gasteiger partial charge in [0, 0.05) is 31.5 Å². The van der Waals surface area contributed by atoms with E-state index in [-0.39, 0.29) is 33.4 Å². The van der Waals surface area contributed by atoms with Gasteiger partial charge < -0.3 is 14.2 Å². The Morgan fingerprint density at radius 2 is 1.74 bits per heavy atom. The number of halogens is 1. The second kappa shape index (κ2) is 10.4. The standard InChI is InChI=1S/C28H30ClN3O5S/c1-18-27(36-22-11-20-15-35-16-21(12-22)32(20)14-19-5-3-2-4-6-19)30-17-31-28(18)37-26-10-9-24(13-25(26)29)38(33,34)23-7-8-23/h2-6,9-10,13,17,20-23H,7-8,11-12,14-16H2,1H3/t20-,21?,22?/m1/s1. The van der Waals surface area contributed by atoms with Crippen LogP contribution < -0.4 is 9.47 Å². The van der Waals surface area contributed by atoms with Gasteiger partial charge in [0.15, 0.2) is 9.84 Å². The van der Waals surface area contributed by atoms with Gasteiger partial charge >= 0.3 is 0 Å². The summed E-state index contributed by atoms with van der Waals surface area (Å²) in [5.74, 6) is 1.12. The average Bonchev–Trinajstić information content (AvgIpc) is 3.75. The molecule has 8 nitrogen and oxygen atoms in total. The Morgan fingerprint density at radius 3 is 2.42 bits per heavy atom. The van der Waals surface area contributed by atoms with Crippen LogP contribution in [-0.4, -0.2) is 59.9 Å². The average molecular weight is 556 g/mol. The van der Waals surface area contributed by atoms with Gasteiger partial charge in [-0.3, -0.25) is 4.90 Å². The van der Waals surface area contributed by atoms with Crippen LogP contribution in [0.15, 0.2) is 59.8 Å². The van der Waals surface area contributed by atoms with Gasteiger partial charge in [-0.25, -0.2) is 18.4 Å². The topological polar surface area (TPSA) is 90.9 Å². The highest BCUT2D eigenvalue weighted by atomic mass is 35.5. The Labute approximate surface area is 227 Å². The van der Waals surface area contributed by atoms with Crippen molar-refractivity contribution in [2.45, 2.75) is 67.5 Å². The van der Waals surface area contributed by atoms with Crippen LogP contribution in [0.3, 0.4) is 0 Å². The fourth-order valence-electron chi connectivity index (χ4n) is 5.30. The number of fused-ring (bicyclic) bond motifs is 2. The number of benzene rings is 2. The zero-order valence-electron chi connectivity index (χ0n) is 21.1. The number of piperidine rings is 1. The summed E-state index contributed by atoms with van der Waals surface area (Å²) in [6, 6.07) is 15.6. The predicted octanol–water partition coefficient (Wildman–Crippen LogP) is 4.98. The van der Waals surface area contributed by atoms with Gasteiger partial charge in [0.05, 0.1) is 33.9 Å². The second-order valence-electron chi connectivity index (χ2n) is 10.3. The molecular weight excluding hydrogens is 526 g/mol. The number of aromatic nitrogens is 2. The van der Waals surface area contributed by atoms with E-state index in [4.69, 9.17) is 25.8 Å². The van der Waals surface area contributed by atoms with Gasteiger partial charge in [-0.2, -0.15) is 0 Å². The highest BCUT2D eigenvalue weighted by Crippen LogP contribution is 2.38. The van der Waals surface area contributed by atoms with Crippen LogP contribution in [0.1, 0.15) is 36.8 Å². The lowest BCUT2D eigenvalue weighted by atomic mass is 9.91. The number of hydrogen-bond acceptors (Lipinski definition) is 8. The molecule has 0 amide bonds. The number of morpholine rings is 1. The number of sulfone groups is 1. The molecule has 2 unspecified atom stereocenters. The number of ether oxygens (including phenoxy) is 3. The first-order valence-corrected chi connectivity index (χ1v) is 14.9. The van der Waals surface area contributed by atoms with Crippen LogP contribution in [0.25, 0.3) is 0 Å². The summed E-state index contributed by atoms with van der Waals surface area (Å²) < 4.78 is 43.3. The molecule has 0 N–H and O–H groups in total. The van der Waals surface area contributed by atoms with Crippen LogP contribution in [0.4, 0.5) is 0 Å². The van der Waals surface area contributed by atoms with Crippen molar-refractivity contribution in [1.29, 1.82) is 0 Å². The summed E-state index contributed by atoms with van der Waals surface area (Å²) in [7, 11) is -3.34. The van der Waals surface area contributed by atoms with Crippen molar-refractivity contribution >= 4 is 21.4 Å². The minimum Gasteiger partial charge on any atom is -0.474 e. The van der Waals surface area contributed by atoms with Crippen molar-refractivity contribution in [3.05, 3.63) is 71.0 Å². The van der Waals surface area contributed by atoms with Crippen molar-refractivity contribution in [2.24, 2.45) is 0 Å². The molecule has 1 aliphatic carbocycles. The summed E-state index contributed by atoms with van der Waals surface area (Å²) in [6.45, 7) is 4.12. The number of rotatable bonds is 8. The molecule has 200 valence electrons. The molecule has 0 radical (unpaired) electrons. The van der Waals surface area contributed by atoms with E-state index < -0.39 is 9.84 Å². The summed E-state index contributed by atoms with van der Waals surface area (Å²) in [4.78, 5) is 11.4. The number of nitrogens with zero attached hydrogens (tertiary/aromatic N) is 3. The van der Waals surface area contributed by atoms with Crippen LogP contribution >= 0.6 is 11.6 Å². The molecule has 2 saturated heterocycles. The van der Waals surface area contributed by atoms with Crippen LogP contribution in [0.2, 0.25) is 5.02 Å². The minimum absolute atomic E-state index is 0.00197. The van der Waals surface area contributed by atoms with E-state index in [1.807, 2.05) is 13.0 Å². The van der Waals surface area contributed by atoms with Crippen molar-refractivity contribution in [3.8, 4) is 17.5 Å². The first-order valence-electron chi connectivity index (χ1n) is 13.0. The molecule has 1 aromatic heterocycles. The highest BCUT2D eigenvalue weighted by Gasteiger charge is 2.40. The van der Waals surface area contributed by atoms with Crippen molar-refractivity contribution in [3.63, 3.8) is 0 Å². The maximum absolute atomic E-state index is 12.5. The van der Waals surface area contributed by atoms with Crippen LogP contribution in [-0.2, 0) is 21.1 Å². The van der Waals surface area contributed by atoms with E-state index in [0.29, 0.717) is 49.1 Å². The third-order valence-electron chi connectivity index (χ3n) is 7.51. The highest BCUT2D eigenvalue weighted by molar-refractivity contribution is 7.92. The van der Waals surface area contributed by atoms with E-state index in [1.54, 1.807) is 6.07 Å². The van der Waals surface area contributed by atoms with Crippen LogP contribution in [0.5, 0.6) is 17.5 Å². The van der Waals surface area contributed by atoms with Crippen LogP contribution in [0, 0.1) is 6.92 Å². The third kappa shape index (κ3) is 5.25. The van der Waals surface area contributed by atoms with Gasteiger partial charge in [-0.1, -0.05) is 41.9 Å². The molecule has 38 heavy (non-hydrogen) atoms. The molecule has 3 aliphatic rings. The number of hydrogen-bond donors (Lipinski definition) is 0. The van der Waals surface area contributed by atoms with E-state index in [9.17, 15) is 8.42 Å². The molecule has 2 aliphatic heterocycles. The van der Waals surface area contributed by atoms with Gasteiger partial charge in [0.2, 0.25) is 11.8 Å². The summed E-state index contributed by atoms with van der Waals surface area (Å²) in [6.07, 6.45) is 4.48. The second-order valence-corrected chi connectivity index (χ2v) is 12.9. The zero-order chi connectivity index (χ0) is 26.3. The van der Waals surface area contributed by atoms with Crippen molar-refractivity contribution in [1.82, 2.24) is 14.9 Å². The summed E-state index contributed by atoms with van der Waals surface area (Å²) >= 11 is 6.40. The molecule has 3 aromatic rings. The molecule has 0 spiro atoms. The van der Waals surface area contributed by atoms with E-state index >= 15 is 0 Å². The maximum atomic E-state index is 12.5.